The highest BCUT2D eigenvalue weighted by Gasteiger charge is 2.26. The highest BCUT2D eigenvalue weighted by Crippen LogP contribution is 2.31. The normalized spacial score (nSPS) is 17.2. The monoisotopic (exact) mass is 375 g/mol. The number of ether oxygens (including phenoxy) is 1. The number of nitrogens with zero attached hydrogens (tertiary/aromatic N) is 1. The van der Waals surface area contributed by atoms with E-state index in [4.69, 9.17) is 4.74 Å². The summed E-state index contributed by atoms with van der Waals surface area (Å²) in [6.07, 6.45) is 0. The van der Waals surface area contributed by atoms with E-state index < -0.39 is 0 Å². The van der Waals surface area contributed by atoms with Gasteiger partial charge in [-0.25, -0.2) is 0 Å². The van der Waals surface area contributed by atoms with Gasteiger partial charge in [-0.3, -0.25) is 9.69 Å². The average molecular weight is 376 g/mol. The molecule has 1 unspecified atom stereocenters. The van der Waals surface area contributed by atoms with Crippen molar-refractivity contribution in [1.29, 1.82) is 0 Å². The molecule has 0 bridgehead atoms. The summed E-state index contributed by atoms with van der Waals surface area (Å²) in [4.78, 5) is 13.6. The van der Waals surface area contributed by atoms with Gasteiger partial charge in [0.15, 0.2) is 0 Å². The summed E-state index contributed by atoms with van der Waals surface area (Å²) in [6.45, 7) is 5.26. The number of anilines is 1. The molecule has 0 saturated carbocycles. The summed E-state index contributed by atoms with van der Waals surface area (Å²) in [5.41, 5.74) is 3.28. The van der Waals surface area contributed by atoms with Crippen molar-refractivity contribution in [3.63, 3.8) is 0 Å². The third-order valence-corrected chi connectivity index (χ3v) is 4.51. The standard InChI is InChI=1S/C20H25N3O2.ClH/c1-15(24)22-17-9-7-16(8-10-17)14-23-12-11-21-13-19(23)18-5-3-4-6-20(18)25-2;/h3-10,19,21H,11-14H2,1-2H3,(H,22,24);1H. The van der Waals surface area contributed by atoms with E-state index in [1.54, 1.807) is 7.11 Å². The van der Waals surface area contributed by atoms with Gasteiger partial charge in [-0.05, 0) is 23.8 Å². The van der Waals surface area contributed by atoms with Crippen LogP contribution in [0, 0.1) is 0 Å². The minimum atomic E-state index is -0.0499. The van der Waals surface area contributed by atoms with E-state index in [2.05, 4.69) is 39.8 Å². The maximum Gasteiger partial charge on any atom is 0.221 e. The SMILES string of the molecule is COc1ccccc1C1CNCCN1Cc1ccc(NC(C)=O)cc1.Cl. The van der Waals surface area contributed by atoms with E-state index in [9.17, 15) is 4.79 Å². The second-order valence-electron chi connectivity index (χ2n) is 6.31. The molecule has 2 aromatic rings. The van der Waals surface area contributed by atoms with Crippen molar-refractivity contribution in [3.05, 3.63) is 59.7 Å². The average Bonchev–Trinajstić information content (AvgIpc) is 2.63. The van der Waals surface area contributed by atoms with Crippen molar-refractivity contribution < 1.29 is 9.53 Å². The number of hydrogen-bond donors (Lipinski definition) is 2. The second-order valence-corrected chi connectivity index (χ2v) is 6.31. The minimum Gasteiger partial charge on any atom is -0.496 e. The zero-order valence-electron chi connectivity index (χ0n) is 15.2. The number of carbonyl (C=O) groups is 1. The number of rotatable bonds is 5. The van der Waals surface area contributed by atoms with Crippen molar-refractivity contribution in [2.75, 3.05) is 32.1 Å². The molecule has 1 saturated heterocycles. The van der Waals surface area contributed by atoms with Crippen LogP contribution in [-0.4, -0.2) is 37.6 Å². The Kier molecular flexibility index (Phi) is 7.45. The maximum atomic E-state index is 11.1. The topological polar surface area (TPSA) is 53.6 Å². The van der Waals surface area contributed by atoms with Gasteiger partial charge in [0, 0.05) is 44.4 Å². The lowest BCUT2D eigenvalue weighted by molar-refractivity contribution is -0.114. The van der Waals surface area contributed by atoms with E-state index in [0.29, 0.717) is 0 Å². The summed E-state index contributed by atoms with van der Waals surface area (Å²) in [7, 11) is 1.72. The minimum absolute atomic E-state index is 0. The Labute approximate surface area is 161 Å². The van der Waals surface area contributed by atoms with Crippen LogP contribution < -0.4 is 15.4 Å². The van der Waals surface area contributed by atoms with E-state index in [1.807, 2.05) is 24.3 Å². The van der Waals surface area contributed by atoms with Crippen LogP contribution in [-0.2, 0) is 11.3 Å². The van der Waals surface area contributed by atoms with Gasteiger partial charge >= 0.3 is 0 Å². The molecule has 3 rings (SSSR count). The first-order chi connectivity index (χ1) is 12.2. The number of methoxy groups -OCH3 is 1. The van der Waals surface area contributed by atoms with Crippen molar-refractivity contribution in [2.24, 2.45) is 0 Å². The van der Waals surface area contributed by atoms with Crippen molar-refractivity contribution >= 4 is 24.0 Å². The fourth-order valence-electron chi connectivity index (χ4n) is 3.32. The van der Waals surface area contributed by atoms with Gasteiger partial charge in [0.05, 0.1) is 13.2 Å². The van der Waals surface area contributed by atoms with Crippen LogP contribution in [0.2, 0.25) is 0 Å². The number of nitrogens with one attached hydrogen (secondary N) is 2. The van der Waals surface area contributed by atoms with E-state index in [1.165, 1.54) is 18.1 Å². The molecule has 26 heavy (non-hydrogen) atoms. The molecule has 0 aromatic heterocycles. The number of benzene rings is 2. The van der Waals surface area contributed by atoms with Crippen molar-refractivity contribution in [3.8, 4) is 5.75 Å². The molecular formula is C20H26ClN3O2. The number of carbonyl (C=O) groups excluding carboxylic acids is 1. The first-order valence-electron chi connectivity index (χ1n) is 8.61. The Hall–Kier alpha value is -2.08. The van der Waals surface area contributed by atoms with Crippen LogP contribution in [0.5, 0.6) is 5.75 Å². The molecule has 6 heteroatoms. The Morgan fingerprint density at radius 2 is 1.96 bits per heavy atom. The lowest BCUT2D eigenvalue weighted by Gasteiger charge is -2.37. The summed E-state index contributed by atoms with van der Waals surface area (Å²) in [5.74, 6) is 0.883. The summed E-state index contributed by atoms with van der Waals surface area (Å²) < 4.78 is 5.56. The Bertz CT molecular complexity index is 721. The highest BCUT2D eigenvalue weighted by atomic mass is 35.5. The molecule has 0 aliphatic carbocycles. The molecule has 1 aliphatic rings. The van der Waals surface area contributed by atoms with Crippen molar-refractivity contribution in [1.82, 2.24) is 10.2 Å². The molecule has 140 valence electrons. The molecular weight excluding hydrogens is 350 g/mol. The molecule has 2 aromatic carbocycles. The molecule has 1 aliphatic heterocycles. The van der Waals surface area contributed by atoms with Gasteiger partial charge in [0.2, 0.25) is 5.91 Å². The van der Waals surface area contributed by atoms with Crippen LogP contribution in [0.4, 0.5) is 5.69 Å². The quantitative estimate of drug-likeness (QED) is 0.842. The Morgan fingerprint density at radius 1 is 1.23 bits per heavy atom. The molecule has 1 atom stereocenters. The fraction of sp³-hybridized carbons (Fsp3) is 0.350. The number of hydrogen-bond acceptors (Lipinski definition) is 4. The van der Waals surface area contributed by atoms with Gasteiger partial charge in [-0.2, -0.15) is 0 Å². The van der Waals surface area contributed by atoms with Crippen LogP contribution in [0.25, 0.3) is 0 Å². The van der Waals surface area contributed by atoms with E-state index in [-0.39, 0.29) is 24.4 Å². The van der Waals surface area contributed by atoms with Gasteiger partial charge < -0.3 is 15.4 Å². The third kappa shape index (κ3) is 4.97. The Morgan fingerprint density at radius 3 is 2.65 bits per heavy atom. The largest absolute Gasteiger partial charge is 0.496 e. The summed E-state index contributed by atoms with van der Waals surface area (Å²) in [6, 6.07) is 16.6. The second kappa shape index (κ2) is 9.57. The Balaban J connectivity index is 0.00000243. The predicted molar refractivity (Wildman–Crippen MR) is 107 cm³/mol. The van der Waals surface area contributed by atoms with Gasteiger partial charge in [0.1, 0.15) is 5.75 Å². The molecule has 1 fully saturated rings. The maximum absolute atomic E-state index is 11.1. The number of halogens is 1. The zero-order chi connectivity index (χ0) is 17.6. The zero-order valence-corrected chi connectivity index (χ0v) is 16.0. The number of piperazine rings is 1. The molecule has 0 spiro atoms. The molecule has 1 heterocycles. The first kappa shape index (κ1) is 20.2. The van der Waals surface area contributed by atoms with Crippen LogP contribution in [0.15, 0.2) is 48.5 Å². The van der Waals surface area contributed by atoms with Gasteiger partial charge in [-0.1, -0.05) is 30.3 Å². The lowest BCUT2D eigenvalue weighted by Crippen LogP contribution is -2.45. The number of amides is 1. The molecule has 2 N–H and O–H groups in total. The summed E-state index contributed by atoms with van der Waals surface area (Å²) >= 11 is 0. The smallest absolute Gasteiger partial charge is 0.221 e. The third-order valence-electron chi connectivity index (χ3n) is 4.51. The first-order valence-corrected chi connectivity index (χ1v) is 8.61. The van der Waals surface area contributed by atoms with Crippen LogP contribution >= 0.6 is 12.4 Å². The highest BCUT2D eigenvalue weighted by molar-refractivity contribution is 5.88. The fourth-order valence-corrected chi connectivity index (χ4v) is 3.32. The molecule has 1 amide bonds. The molecule has 0 radical (unpaired) electrons. The lowest BCUT2D eigenvalue weighted by atomic mass is 10.0. The predicted octanol–water partition coefficient (Wildman–Crippen LogP) is 3.22. The van der Waals surface area contributed by atoms with E-state index in [0.717, 1.165) is 37.6 Å². The number of para-hydroxylation sites is 1. The van der Waals surface area contributed by atoms with E-state index >= 15 is 0 Å². The summed E-state index contributed by atoms with van der Waals surface area (Å²) in [5, 5.41) is 6.29. The van der Waals surface area contributed by atoms with Crippen molar-refractivity contribution in [2.45, 2.75) is 19.5 Å². The van der Waals surface area contributed by atoms with Gasteiger partial charge in [-0.15, -0.1) is 12.4 Å². The molecule has 5 nitrogen and oxygen atoms in total. The van der Waals surface area contributed by atoms with Crippen LogP contribution in [0.3, 0.4) is 0 Å². The van der Waals surface area contributed by atoms with Gasteiger partial charge in [0.25, 0.3) is 0 Å². The van der Waals surface area contributed by atoms with Crippen LogP contribution in [0.1, 0.15) is 24.1 Å².